The maximum absolute atomic E-state index is 13.2. The Labute approximate surface area is 250 Å². The second-order valence-electron chi connectivity index (χ2n) is 11.5. The van der Waals surface area contributed by atoms with Gasteiger partial charge in [-0.25, -0.2) is 0 Å². The molecular weight excluding hydrogens is 542 g/mol. The van der Waals surface area contributed by atoms with Crippen LogP contribution in [0.3, 0.4) is 0 Å². The van der Waals surface area contributed by atoms with E-state index in [0.29, 0.717) is 32.6 Å². The highest BCUT2D eigenvalue weighted by atomic mass is 16.7. The van der Waals surface area contributed by atoms with Crippen molar-refractivity contribution in [2.75, 3.05) is 39.6 Å². The number of carbonyl (C=O) groups is 2. The summed E-state index contributed by atoms with van der Waals surface area (Å²) in [7, 11) is 0. The van der Waals surface area contributed by atoms with E-state index in [1.807, 2.05) is 18.2 Å². The Morgan fingerprint density at radius 1 is 0.837 bits per heavy atom. The molecule has 0 aromatic heterocycles. The molecule has 1 saturated heterocycles. The number of ether oxygens (including phenoxy) is 2. The minimum absolute atomic E-state index is 0.216. The molecule has 220 valence electrons. The maximum Gasteiger partial charge on any atom is 0.247 e. The highest BCUT2D eigenvalue weighted by Gasteiger charge is 2.28. The molecule has 8 heteroatoms. The molecule has 5 aromatic rings. The SMILES string of the molecule is O=C(CCCc1ccc2ccc3cccc4ccc1c2c34)NC(CO)C(=O)N1CCN(Cc2ccc3c(c2)OCO3)CC1. The van der Waals surface area contributed by atoms with E-state index in [9.17, 15) is 14.7 Å². The quantitative estimate of drug-likeness (QED) is 0.252. The Balaban J connectivity index is 0.917. The average molecular weight is 578 g/mol. The topological polar surface area (TPSA) is 91.3 Å². The van der Waals surface area contributed by atoms with Crippen LogP contribution in [0.4, 0.5) is 0 Å². The minimum atomic E-state index is -0.928. The number of nitrogens with zero attached hydrogens (tertiary/aromatic N) is 2. The van der Waals surface area contributed by atoms with Gasteiger partial charge in [0.15, 0.2) is 11.5 Å². The summed E-state index contributed by atoms with van der Waals surface area (Å²) in [5, 5.41) is 20.2. The van der Waals surface area contributed by atoms with E-state index < -0.39 is 12.6 Å². The van der Waals surface area contributed by atoms with E-state index in [1.165, 1.54) is 37.9 Å². The van der Waals surface area contributed by atoms with Crippen LogP contribution >= 0.6 is 0 Å². The number of aliphatic hydroxyl groups is 1. The van der Waals surface area contributed by atoms with Gasteiger partial charge in [0.05, 0.1) is 6.61 Å². The average Bonchev–Trinajstić information content (AvgIpc) is 3.51. The van der Waals surface area contributed by atoms with Crippen LogP contribution in [0.5, 0.6) is 11.5 Å². The second-order valence-corrected chi connectivity index (χ2v) is 11.5. The monoisotopic (exact) mass is 577 g/mol. The summed E-state index contributed by atoms with van der Waals surface area (Å²) in [4.78, 5) is 30.0. The van der Waals surface area contributed by atoms with Crippen molar-refractivity contribution < 1.29 is 24.2 Å². The number of hydrogen-bond donors (Lipinski definition) is 2. The summed E-state index contributed by atoms with van der Waals surface area (Å²) in [6.45, 7) is 3.11. The number of piperazine rings is 1. The number of benzene rings is 5. The van der Waals surface area contributed by atoms with Crippen LogP contribution in [-0.2, 0) is 22.6 Å². The molecule has 0 radical (unpaired) electrons. The zero-order valence-corrected chi connectivity index (χ0v) is 24.1. The number of rotatable bonds is 9. The third-order valence-electron chi connectivity index (χ3n) is 8.81. The predicted molar refractivity (Wildman–Crippen MR) is 167 cm³/mol. The lowest BCUT2D eigenvalue weighted by atomic mass is 9.90. The number of nitrogens with one attached hydrogen (secondary N) is 1. The van der Waals surface area contributed by atoms with Crippen molar-refractivity contribution in [3.8, 4) is 11.5 Å². The van der Waals surface area contributed by atoms with Gasteiger partial charge in [0.2, 0.25) is 18.6 Å². The first-order chi connectivity index (χ1) is 21.1. The summed E-state index contributed by atoms with van der Waals surface area (Å²) in [6, 6.07) is 24.5. The highest BCUT2D eigenvalue weighted by molar-refractivity contribution is 6.23. The van der Waals surface area contributed by atoms with Crippen LogP contribution < -0.4 is 14.8 Å². The number of aryl methyl sites for hydroxylation is 1. The van der Waals surface area contributed by atoms with Gasteiger partial charge in [-0.3, -0.25) is 14.5 Å². The summed E-state index contributed by atoms with van der Waals surface area (Å²) in [6.07, 6.45) is 1.69. The lowest BCUT2D eigenvalue weighted by molar-refractivity contribution is -0.139. The lowest BCUT2D eigenvalue weighted by Crippen LogP contribution is -2.55. The van der Waals surface area contributed by atoms with Crippen molar-refractivity contribution in [1.82, 2.24) is 15.1 Å². The molecule has 5 aromatic carbocycles. The Bertz CT molecular complexity index is 1780. The Morgan fingerprint density at radius 2 is 1.56 bits per heavy atom. The van der Waals surface area contributed by atoms with Crippen molar-refractivity contribution in [1.29, 1.82) is 0 Å². The third-order valence-corrected chi connectivity index (χ3v) is 8.81. The van der Waals surface area contributed by atoms with Gasteiger partial charge in [0.25, 0.3) is 0 Å². The van der Waals surface area contributed by atoms with Gasteiger partial charge in [-0.15, -0.1) is 0 Å². The van der Waals surface area contributed by atoms with Gasteiger partial charge in [0, 0.05) is 39.1 Å². The number of hydrogen-bond acceptors (Lipinski definition) is 6. The van der Waals surface area contributed by atoms with Crippen LogP contribution in [0.1, 0.15) is 24.0 Å². The first-order valence-electron chi connectivity index (χ1n) is 15.0. The summed E-state index contributed by atoms with van der Waals surface area (Å²) in [5.74, 6) is 1.09. The van der Waals surface area contributed by atoms with Gasteiger partial charge in [-0.2, -0.15) is 0 Å². The Morgan fingerprint density at radius 3 is 2.35 bits per heavy atom. The molecule has 0 spiro atoms. The van der Waals surface area contributed by atoms with Crippen LogP contribution in [-0.4, -0.2) is 72.3 Å². The number of amides is 2. The minimum Gasteiger partial charge on any atom is -0.454 e. The molecule has 0 bridgehead atoms. The van der Waals surface area contributed by atoms with Crippen LogP contribution in [0.15, 0.2) is 72.8 Å². The molecule has 0 saturated carbocycles. The van der Waals surface area contributed by atoms with E-state index in [2.05, 4.69) is 64.8 Å². The normalized spacial score (nSPS) is 15.9. The van der Waals surface area contributed by atoms with E-state index in [0.717, 1.165) is 30.0 Å². The molecule has 43 heavy (non-hydrogen) atoms. The first kappa shape index (κ1) is 27.4. The third kappa shape index (κ3) is 5.44. The number of aliphatic hydroxyl groups excluding tert-OH is 1. The molecule has 2 aliphatic rings. The second kappa shape index (κ2) is 11.7. The van der Waals surface area contributed by atoms with Crippen molar-refractivity contribution in [2.24, 2.45) is 0 Å². The largest absolute Gasteiger partial charge is 0.454 e. The summed E-state index contributed by atoms with van der Waals surface area (Å²) >= 11 is 0. The molecule has 1 unspecified atom stereocenters. The van der Waals surface area contributed by atoms with Crippen molar-refractivity contribution in [3.63, 3.8) is 0 Å². The zero-order chi connectivity index (χ0) is 29.3. The van der Waals surface area contributed by atoms with Crippen LogP contribution in [0, 0.1) is 0 Å². The Kier molecular flexibility index (Phi) is 7.47. The predicted octanol–water partition coefficient (Wildman–Crippen LogP) is 4.46. The molecule has 7 rings (SSSR count). The molecule has 0 aliphatic carbocycles. The summed E-state index contributed by atoms with van der Waals surface area (Å²) in [5.41, 5.74) is 2.35. The maximum atomic E-state index is 13.2. The zero-order valence-electron chi connectivity index (χ0n) is 24.1. The molecule has 2 aliphatic heterocycles. The molecule has 8 nitrogen and oxygen atoms in total. The van der Waals surface area contributed by atoms with Gasteiger partial charge in [-0.1, -0.05) is 60.7 Å². The fourth-order valence-electron chi connectivity index (χ4n) is 6.55. The fourth-order valence-corrected chi connectivity index (χ4v) is 6.55. The number of fused-ring (bicyclic) bond motifs is 1. The molecule has 2 heterocycles. The van der Waals surface area contributed by atoms with Crippen LogP contribution in [0.2, 0.25) is 0 Å². The van der Waals surface area contributed by atoms with Crippen LogP contribution in [0.25, 0.3) is 32.3 Å². The summed E-state index contributed by atoms with van der Waals surface area (Å²) < 4.78 is 10.9. The molecular formula is C35H35N3O5. The van der Waals surface area contributed by atoms with E-state index in [1.54, 1.807) is 4.90 Å². The Hall–Kier alpha value is -4.40. The molecule has 1 fully saturated rings. The van der Waals surface area contributed by atoms with Crippen molar-refractivity contribution >= 4 is 44.1 Å². The van der Waals surface area contributed by atoms with Crippen molar-refractivity contribution in [3.05, 3.63) is 83.9 Å². The number of carbonyl (C=O) groups excluding carboxylic acids is 2. The molecule has 1 atom stereocenters. The van der Waals surface area contributed by atoms with E-state index in [4.69, 9.17) is 9.47 Å². The van der Waals surface area contributed by atoms with E-state index >= 15 is 0 Å². The molecule has 2 N–H and O–H groups in total. The smallest absolute Gasteiger partial charge is 0.247 e. The molecule has 2 amide bonds. The highest BCUT2D eigenvalue weighted by Crippen LogP contribution is 2.36. The standard InChI is InChI=1S/C35H35N3O5/c39-21-29(35(41)38-17-15-37(16-18-38)20-23-7-14-30-31(19-23)43-22-42-30)36-32(40)6-2-3-24-8-9-27-11-10-25-4-1-5-26-12-13-28(24)34(27)33(25)26/h1,4-5,7-14,19,29,39H,2-3,6,15-18,20-22H2,(H,36,40). The van der Waals surface area contributed by atoms with Gasteiger partial charge in [-0.05, 0) is 68.4 Å². The first-order valence-corrected chi connectivity index (χ1v) is 15.0. The van der Waals surface area contributed by atoms with E-state index in [-0.39, 0.29) is 25.0 Å². The lowest BCUT2D eigenvalue weighted by Gasteiger charge is -2.36. The van der Waals surface area contributed by atoms with Crippen molar-refractivity contribution in [2.45, 2.75) is 31.8 Å². The fraction of sp³-hybridized carbons (Fsp3) is 0.314. The van der Waals surface area contributed by atoms with Gasteiger partial charge < -0.3 is 24.8 Å². The van der Waals surface area contributed by atoms with Gasteiger partial charge in [0.1, 0.15) is 6.04 Å². The van der Waals surface area contributed by atoms with Gasteiger partial charge >= 0.3 is 0 Å².